The Hall–Kier alpha value is -3.94. The summed E-state index contributed by atoms with van der Waals surface area (Å²) in [5.74, 6) is -0.202. The number of rotatable bonds is 8. The van der Waals surface area contributed by atoms with E-state index >= 15 is 0 Å². The van der Waals surface area contributed by atoms with Gasteiger partial charge in [-0.3, -0.25) is 4.79 Å². The summed E-state index contributed by atoms with van der Waals surface area (Å²) in [6.07, 6.45) is -0.715. The Kier molecular flexibility index (Phi) is 9.00. The van der Waals surface area contributed by atoms with Crippen LogP contribution in [0.4, 0.5) is 16.2 Å². The summed E-state index contributed by atoms with van der Waals surface area (Å²) in [4.78, 5) is 28.3. The van der Waals surface area contributed by atoms with Crippen LogP contribution in [0.2, 0.25) is 0 Å². The number of ether oxygens (including phenoxy) is 1. The molecule has 220 valence electrons. The minimum absolute atomic E-state index is 0.0347. The van der Waals surface area contributed by atoms with Gasteiger partial charge in [0, 0.05) is 19.5 Å². The van der Waals surface area contributed by atoms with E-state index in [1.54, 1.807) is 62.1 Å². The van der Waals surface area contributed by atoms with Gasteiger partial charge in [0.15, 0.2) is 11.5 Å². The zero-order valence-electron chi connectivity index (χ0n) is 23.6. The summed E-state index contributed by atoms with van der Waals surface area (Å²) in [5.41, 5.74) is 1.30. The van der Waals surface area contributed by atoms with Crippen LogP contribution in [0, 0.1) is 19.8 Å². The zero-order valence-corrected chi connectivity index (χ0v) is 24.4. The quantitative estimate of drug-likeness (QED) is 0.363. The van der Waals surface area contributed by atoms with E-state index in [-0.39, 0.29) is 53.4 Å². The highest BCUT2D eigenvalue weighted by Gasteiger charge is 2.36. The molecule has 3 aromatic rings. The first kappa shape index (κ1) is 30.0. The minimum atomic E-state index is -3.83. The van der Waals surface area contributed by atoms with Gasteiger partial charge in [-0.1, -0.05) is 36.3 Å². The zero-order chi connectivity index (χ0) is 29.9. The number of urea groups is 1. The number of hydrogen-bond acceptors (Lipinski definition) is 8. The van der Waals surface area contributed by atoms with E-state index in [1.807, 2.05) is 6.92 Å². The molecule has 0 saturated carbocycles. The lowest BCUT2D eigenvalue weighted by atomic mass is 9.99. The van der Waals surface area contributed by atoms with Gasteiger partial charge in [-0.25, -0.2) is 13.2 Å². The van der Waals surface area contributed by atoms with Gasteiger partial charge in [-0.2, -0.15) is 4.31 Å². The van der Waals surface area contributed by atoms with Gasteiger partial charge in [0.05, 0.1) is 35.3 Å². The molecule has 1 aliphatic rings. The molecule has 0 radical (unpaired) electrons. The molecule has 41 heavy (non-hydrogen) atoms. The molecule has 2 heterocycles. The van der Waals surface area contributed by atoms with Crippen molar-refractivity contribution >= 4 is 33.3 Å². The molecular formula is C28H35N5O7S. The number of nitrogens with one attached hydrogen (secondary N) is 2. The van der Waals surface area contributed by atoms with Crippen molar-refractivity contribution in [1.29, 1.82) is 0 Å². The van der Waals surface area contributed by atoms with Gasteiger partial charge >= 0.3 is 6.03 Å². The molecule has 3 N–H and O–H groups in total. The summed E-state index contributed by atoms with van der Waals surface area (Å²) in [6.45, 7) is 6.85. The van der Waals surface area contributed by atoms with Crippen LogP contribution in [0.1, 0.15) is 35.7 Å². The van der Waals surface area contributed by atoms with E-state index in [0.29, 0.717) is 17.1 Å². The lowest BCUT2D eigenvalue weighted by Crippen LogP contribution is -2.50. The van der Waals surface area contributed by atoms with Crippen molar-refractivity contribution in [3.8, 4) is 5.75 Å². The Bertz CT molecular complexity index is 1490. The van der Waals surface area contributed by atoms with E-state index in [9.17, 15) is 23.1 Å². The van der Waals surface area contributed by atoms with E-state index in [4.69, 9.17) is 9.26 Å². The van der Waals surface area contributed by atoms with E-state index in [2.05, 4.69) is 15.8 Å². The summed E-state index contributed by atoms with van der Waals surface area (Å²) in [7, 11) is -2.36. The molecule has 3 amide bonds. The number of carbonyl (C=O) groups excluding carboxylic acids is 2. The number of sulfonamides is 1. The van der Waals surface area contributed by atoms with Crippen molar-refractivity contribution < 1.29 is 32.4 Å². The highest BCUT2D eigenvalue weighted by atomic mass is 32.2. The fourth-order valence-electron chi connectivity index (χ4n) is 4.61. The molecule has 2 aromatic carbocycles. The molecule has 4 rings (SSSR count). The summed E-state index contributed by atoms with van der Waals surface area (Å²) >= 11 is 0. The van der Waals surface area contributed by atoms with Crippen LogP contribution < -0.4 is 15.4 Å². The van der Waals surface area contributed by atoms with Gasteiger partial charge in [-0.05, 0) is 45.0 Å². The monoisotopic (exact) mass is 585 g/mol. The Balaban J connectivity index is 1.70. The maximum absolute atomic E-state index is 13.7. The Morgan fingerprint density at radius 3 is 2.51 bits per heavy atom. The second-order valence-corrected chi connectivity index (χ2v) is 12.2. The molecule has 0 unspecified atom stereocenters. The normalized spacial score (nSPS) is 18.2. The van der Waals surface area contributed by atoms with E-state index < -0.39 is 28.2 Å². The largest absolute Gasteiger partial charge is 0.486 e. The van der Waals surface area contributed by atoms with Crippen LogP contribution in [0.3, 0.4) is 0 Å². The number of anilines is 2. The predicted octanol–water partition coefficient (Wildman–Crippen LogP) is 3.48. The predicted molar refractivity (Wildman–Crippen MR) is 152 cm³/mol. The molecule has 3 atom stereocenters. The first-order chi connectivity index (χ1) is 19.4. The third kappa shape index (κ3) is 6.37. The van der Waals surface area contributed by atoms with Gasteiger partial charge in [-0.15, -0.1) is 0 Å². The molecule has 13 heteroatoms. The Labute approximate surface area is 239 Å². The lowest BCUT2D eigenvalue weighted by Gasteiger charge is -2.38. The number of aromatic nitrogens is 1. The van der Waals surface area contributed by atoms with Crippen molar-refractivity contribution in [2.45, 2.75) is 44.7 Å². The average molecular weight is 586 g/mol. The molecule has 1 aromatic heterocycles. The van der Waals surface area contributed by atoms with Gasteiger partial charge < -0.3 is 29.9 Å². The third-order valence-electron chi connectivity index (χ3n) is 7.10. The fraction of sp³-hybridized carbons (Fsp3) is 0.393. The molecule has 0 aliphatic carbocycles. The number of nitrogens with zero attached hydrogens (tertiary/aromatic N) is 3. The minimum Gasteiger partial charge on any atom is -0.486 e. The number of hydrogen-bond donors (Lipinski definition) is 3. The van der Waals surface area contributed by atoms with Crippen molar-refractivity contribution in [3.05, 3.63) is 65.5 Å². The second-order valence-electron chi connectivity index (χ2n) is 10.2. The van der Waals surface area contributed by atoms with Gasteiger partial charge in [0.2, 0.25) is 10.0 Å². The first-order valence-electron chi connectivity index (χ1n) is 13.2. The highest BCUT2D eigenvalue weighted by molar-refractivity contribution is 7.89. The standard InChI is InChI=1S/C28H35N5O7S/c1-17-14-33(18(2)16-34)27(35)22-12-9-13-23(29-28(36)30-25-19(3)31-40-20(25)4)26(22)39-24(17)15-32(5)41(37,38)21-10-7-6-8-11-21/h6-13,17-18,24,34H,14-16H2,1-5H3,(H2,29,30,36)/t17-,18-,24-/m0/s1. The maximum atomic E-state index is 13.7. The van der Waals surface area contributed by atoms with E-state index in [0.717, 1.165) is 0 Å². The average Bonchev–Trinajstić information content (AvgIpc) is 3.27. The van der Waals surface area contributed by atoms with Crippen molar-refractivity contribution in [3.63, 3.8) is 0 Å². The van der Waals surface area contributed by atoms with Crippen LogP contribution in [0.25, 0.3) is 0 Å². The molecule has 0 spiro atoms. The molecular weight excluding hydrogens is 550 g/mol. The number of aliphatic hydroxyl groups is 1. The van der Waals surface area contributed by atoms with Crippen LogP contribution in [0.15, 0.2) is 57.9 Å². The van der Waals surface area contributed by atoms with Crippen molar-refractivity contribution in [2.24, 2.45) is 5.92 Å². The van der Waals surface area contributed by atoms with Crippen LogP contribution in [-0.2, 0) is 10.0 Å². The van der Waals surface area contributed by atoms with Crippen molar-refractivity contribution in [2.75, 3.05) is 37.4 Å². The van der Waals surface area contributed by atoms with Gasteiger partial charge in [0.1, 0.15) is 17.5 Å². The molecule has 0 saturated heterocycles. The molecule has 12 nitrogen and oxygen atoms in total. The topological polar surface area (TPSA) is 154 Å². The Morgan fingerprint density at radius 1 is 1.17 bits per heavy atom. The number of carbonyl (C=O) groups is 2. The SMILES string of the molecule is Cc1noc(C)c1NC(=O)Nc1cccc2c1O[C@@H](CN(C)S(=O)(=O)c1ccccc1)[C@@H](C)CN([C@@H](C)CO)C2=O. The smallest absolute Gasteiger partial charge is 0.323 e. The van der Waals surface area contributed by atoms with Gasteiger partial charge in [0.25, 0.3) is 5.91 Å². The maximum Gasteiger partial charge on any atom is 0.323 e. The van der Waals surface area contributed by atoms with Crippen molar-refractivity contribution in [1.82, 2.24) is 14.4 Å². The second kappa shape index (κ2) is 12.3. The number of amides is 3. The third-order valence-corrected chi connectivity index (χ3v) is 8.94. The number of benzene rings is 2. The van der Waals surface area contributed by atoms with Crippen LogP contribution >= 0.6 is 0 Å². The number of likely N-dealkylation sites (N-methyl/N-ethyl adjacent to an activating group) is 1. The number of aliphatic hydroxyl groups excluding tert-OH is 1. The summed E-state index contributed by atoms with van der Waals surface area (Å²) < 4.78 is 39.3. The first-order valence-corrected chi connectivity index (χ1v) is 14.6. The molecule has 1 aliphatic heterocycles. The van der Waals surface area contributed by atoms with Crippen LogP contribution in [0.5, 0.6) is 5.75 Å². The van der Waals surface area contributed by atoms with E-state index in [1.165, 1.54) is 23.5 Å². The molecule has 0 bridgehead atoms. The van der Waals surface area contributed by atoms with Crippen LogP contribution in [-0.4, -0.2) is 78.7 Å². The Morgan fingerprint density at radius 2 is 1.88 bits per heavy atom. The number of para-hydroxylation sites is 1. The highest BCUT2D eigenvalue weighted by Crippen LogP contribution is 2.35. The number of aryl methyl sites for hydroxylation is 2. The summed E-state index contributed by atoms with van der Waals surface area (Å²) in [5, 5.41) is 19.2. The number of fused-ring (bicyclic) bond motifs is 1. The summed E-state index contributed by atoms with van der Waals surface area (Å²) in [6, 6.07) is 11.7. The fourth-order valence-corrected chi connectivity index (χ4v) is 5.82. The molecule has 0 fully saturated rings. The lowest BCUT2D eigenvalue weighted by molar-refractivity contribution is 0.0389.